The fourth-order valence-electron chi connectivity index (χ4n) is 1.77. The number of carbonyl (C=O) groups is 1. The molecule has 0 radical (unpaired) electrons. The third-order valence-electron chi connectivity index (χ3n) is 3.04. The Morgan fingerprint density at radius 2 is 1.74 bits per heavy atom. The third-order valence-corrected chi connectivity index (χ3v) is 3.04. The average Bonchev–Trinajstić information content (AvgIpc) is 2.55. The van der Waals surface area contributed by atoms with Gasteiger partial charge >= 0.3 is 6.36 Å². The molecular weight excluding hydrogens is 366 g/mol. The number of ether oxygens (including phenoxy) is 1. The van der Waals surface area contributed by atoms with Gasteiger partial charge in [0.05, 0.1) is 0 Å². The second kappa shape index (κ2) is 9.31. The first-order chi connectivity index (χ1) is 12.4. The summed E-state index contributed by atoms with van der Waals surface area (Å²) >= 11 is 0. The number of pyridine rings is 1. The molecule has 2 rings (SSSR count). The van der Waals surface area contributed by atoms with E-state index < -0.39 is 23.8 Å². The summed E-state index contributed by atoms with van der Waals surface area (Å²) < 4.78 is 53.4. The number of benzene rings is 1. The molecule has 0 saturated heterocycles. The van der Waals surface area contributed by atoms with Crippen LogP contribution in [0.3, 0.4) is 0 Å². The van der Waals surface area contributed by atoms with Crippen molar-refractivity contribution in [3.05, 3.63) is 59.7 Å². The van der Waals surface area contributed by atoms with Crippen LogP contribution in [0.2, 0.25) is 0 Å². The number of carbonyl (C=O) groups excluding carboxylic acids is 1. The molecule has 27 heavy (non-hydrogen) atoms. The van der Waals surface area contributed by atoms with Crippen LogP contribution < -0.4 is 15.8 Å². The summed E-state index contributed by atoms with van der Waals surface area (Å²) in [6.45, 7) is 5.76. The molecule has 9 heteroatoms. The molecule has 3 N–H and O–H groups in total. The van der Waals surface area contributed by atoms with Crippen LogP contribution in [-0.2, 0) is 6.54 Å². The second-order valence-electron chi connectivity index (χ2n) is 6.48. The zero-order valence-corrected chi connectivity index (χ0v) is 15.1. The topological polar surface area (TPSA) is 77.2 Å². The molecule has 0 unspecified atom stereocenters. The van der Waals surface area contributed by atoms with Gasteiger partial charge in [-0.3, -0.25) is 9.78 Å². The van der Waals surface area contributed by atoms with Gasteiger partial charge in [-0.1, -0.05) is 12.1 Å². The molecule has 0 atom stereocenters. The molecule has 0 aliphatic heterocycles. The van der Waals surface area contributed by atoms with Gasteiger partial charge in [-0.05, 0) is 39.0 Å². The van der Waals surface area contributed by atoms with Crippen LogP contribution in [0.1, 0.15) is 36.7 Å². The van der Waals surface area contributed by atoms with Gasteiger partial charge < -0.3 is 15.8 Å². The maximum atomic E-state index is 13.7. The number of nitrogens with two attached hydrogens (primary N) is 1. The van der Waals surface area contributed by atoms with Gasteiger partial charge in [-0.25, -0.2) is 4.39 Å². The quantitative estimate of drug-likeness (QED) is 0.783. The lowest BCUT2D eigenvalue weighted by Crippen LogP contribution is -2.35. The Balaban J connectivity index is 0.000000337. The predicted octanol–water partition coefficient (Wildman–Crippen LogP) is 3.79. The van der Waals surface area contributed by atoms with Crippen molar-refractivity contribution in [2.24, 2.45) is 5.73 Å². The van der Waals surface area contributed by atoms with Crippen LogP contribution in [0.15, 0.2) is 42.7 Å². The first-order valence-electron chi connectivity index (χ1n) is 7.87. The van der Waals surface area contributed by atoms with Crippen molar-refractivity contribution >= 4 is 5.91 Å². The van der Waals surface area contributed by atoms with Gasteiger partial charge in [0.15, 0.2) is 11.6 Å². The molecule has 0 spiro atoms. The molecule has 0 fully saturated rings. The average molecular weight is 387 g/mol. The van der Waals surface area contributed by atoms with Gasteiger partial charge in [0.25, 0.3) is 0 Å². The number of amides is 1. The molecule has 2 aromatic rings. The zero-order chi connectivity index (χ0) is 20.7. The fourth-order valence-corrected chi connectivity index (χ4v) is 1.77. The highest BCUT2D eigenvalue weighted by molar-refractivity contribution is 5.92. The van der Waals surface area contributed by atoms with E-state index in [0.717, 1.165) is 6.07 Å². The van der Waals surface area contributed by atoms with Crippen LogP contribution in [0, 0.1) is 5.82 Å². The molecule has 0 saturated carbocycles. The summed E-state index contributed by atoms with van der Waals surface area (Å²) in [5.74, 6) is -2.22. The van der Waals surface area contributed by atoms with E-state index in [0.29, 0.717) is 5.56 Å². The summed E-state index contributed by atoms with van der Waals surface area (Å²) in [5, 5.41) is 2.99. The van der Waals surface area contributed by atoms with E-state index >= 15 is 0 Å². The molecule has 5 nitrogen and oxygen atoms in total. The highest BCUT2D eigenvalue weighted by Crippen LogP contribution is 2.27. The maximum absolute atomic E-state index is 13.7. The smallest absolute Gasteiger partial charge is 0.403 e. The van der Waals surface area contributed by atoms with Crippen molar-refractivity contribution in [3.63, 3.8) is 0 Å². The lowest BCUT2D eigenvalue weighted by molar-refractivity contribution is -0.275. The van der Waals surface area contributed by atoms with Crippen molar-refractivity contribution in [3.8, 4) is 5.75 Å². The van der Waals surface area contributed by atoms with Crippen LogP contribution in [0.4, 0.5) is 17.6 Å². The fraction of sp³-hybridized carbons (Fsp3) is 0.333. The lowest BCUT2D eigenvalue weighted by Gasteiger charge is -2.21. The molecule has 1 heterocycles. The Hall–Kier alpha value is -2.68. The molecule has 0 aliphatic rings. The minimum Gasteiger partial charge on any atom is -0.403 e. The van der Waals surface area contributed by atoms with Crippen LogP contribution in [0.25, 0.3) is 0 Å². The third kappa shape index (κ3) is 9.00. The number of nitrogens with one attached hydrogen (secondary N) is 1. The molecule has 1 aromatic carbocycles. The first kappa shape index (κ1) is 22.4. The largest absolute Gasteiger partial charge is 0.573 e. The van der Waals surface area contributed by atoms with E-state index in [1.165, 1.54) is 24.5 Å². The van der Waals surface area contributed by atoms with E-state index in [9.17, 15) is 22.4 Å². The molecule has 0 aliphatic carbocycles. The van der Waals surface area contributed by atoms with Gasteiger partial charge in [0.2, 0.25) is 5.91 Å². The van der Waals surface area contributed by atoms with Crippen LogP contribution in [0.5, 0.6) is 5.75 Å². The van der Waals surface area contributed by atoms with Crippen molar-refractivity contribution in [1.82, 2.24) is 10.3 Å². The number of rotatable bonds is 4. The standard InChI is InChI=1S/C12H15F4NO.C6H6N2O/c1-11(2,3)17-7-8-5-4-6-9(10(8)13)18-12(14,15)16;7-6(9)5-1-3-8-4-2-5/h4-6,17H,7H2,1-3H3;1-4H,(H2,7,9). The van der Waals surface area contributed by atoms with Gasteiger partial charge in [0.1, 0.15) is 0 Å². The van der Waals surface area contributed by atoms with Crippen LogP contribution >= 0.6 is 0 Å². The molecule has 1 aromatic heterocycles. The normalized spacial score (nSPS) is 11.4. The predicted molar refractivity (Wildman–Crippen MR) is 92.4 cm³/mol. The van der Waals surface area contributed by atoms with Crippen LogP contribution in [-0.4, -0.2) is 22.8 Å². The monoisotopic (exact) mass is 387 g/mol. The minimum absolute atomic E-state index is 0.129. The Kier molecular flexibility index (Phi) is 7.71. The van der Waals surface area contributed by atoms with Crippen molar-refractivity contribution < 1.29 is 27.1 Å². The number of hydrogen-bond donors (Lipinski definition) is 2. The summed E-state index contributed by atoms with van der Waals surface area (Å²) in [5.41, 5.74) is 5.31. The van der Waals surface area contributed by atoms with Gasteiger partial charge in [-0.2, -0.15) is 0 Å². The number of hydrogen-bond acceptors (Lipinski definition) is 4. The Morgan fingerprint density at radius 3 is 2.19 bits per heavy atom. The van der Waals surface area contributed by atoms with E-state index in [1.807, 2.05) is 20.8 Å². The number of alkyl halides is 3. The highest BCUT2D eigenvalue weighted by Gasteiger charge is 2.32. The van der Waals surface area contributed by atoms with E-state index in [-0.39, 0.29) is 17.6 Å². The van der Waals surface area contributed by atoms with E-state index in [2.05, 4.69) is 15.0 Å². The van der Waals surface area contributed by atoms with Gasteiger partial charge in [0, 0.05) is 35.6 Å². The number of primary amides is 1. The van der Waals surface area contributed by atoms with Crippen molar-refractivity contribution in [1.29, 1.82) is 0 Å². The molecule has 148 valence electrons. The summed E-state index contributed by atoms with van der Waals surface area (Å²) in [6, 6.07) is 6.83. The SMILES string of the molecule is CC(C)(C)NCc1cccc(OC(F)(F)F)c1F.NC(=O)c1ccncc1. The Bertz CT molecular complexity index is 745. The first-order valence-corrected chi connectivity index (χ1v) is 7.87. The zero-order valence-electron chi connectivity index (χ0n) is 15.1. The molecule has 1 amide bonds. The summed E-state index contributed by atoms with van der Waals surface area (Å²) in [6.07, 6.45) is -1.84. The van der Waals surface area contributed by atoms with Gasteiger partial charge in [-0.15, -0.1) is 13.2 Å². The van der Waals surface area contributed by atoms with Crippen molar-refractivity contribution in [2.75, 3.05) is 0 Å². The maximum Gasteiger partial charge on any atom is 0.573 e. The highest BCUT2D eigenvalue weighted by atomic mass is 19.4. The number of halogens is 4. The number of aromatic nitrogens is 1. The Labute approximate surface area is 154 Å². The van der Waals surface area contributed by atoms with Crippen molar-refractivity contribution in [2.45, 2.75) is 39.2 Å². The number of nitrogens with zero attached hydrogens (tertiary/aromatic N) is 1. The second-order valence-corrected chi connectivity index (χ2v) is 6.48. The Morgan fingerprint density at radius 1 is 1.15 bits per heavy atom. The lowest BCUT2D eigenvalue weighted by atomic mass is 10.1. The van der Waals surface area contributed by atoms with E-state index in [1.54, 1.807) is 12.1 Å². The minimum atomic E-state index is -4.89. The summed E-state index contributed by atoms with van der Waals surface area (Å²) in [7, 11) is 0. The molecule has 0 bridgehead atoms. The summed E-state index contributed by atoms with van der Waals surface area (Å²) in [4.78, 5) is 14.1. The van der Waals surface area contributed by atoms with E-state index in [4.69, 9.17) is 5.73 Å². The molecular formula is C18H21F4N3O2.